The molecular weight excluding hydrogens is 368 g/mol. The van der Waals surface area contributed by atoms with Gasteiger partial charge in [0.2, 0.25) is 0 Å². The quantitative estimate of drug-likeness (QED) is 0.530. The van der Waals surface area contributed by atoms with Crippen molar-refractivity contribution < 1.29 is 9.59 Å². The van der Waals surface area contributed by atoms with Crippen LogP contribution in [0, 0.1) is 28.6 Å². The largest absolute Gasteiger partial charge is 0.350 e. The molecular formula is C21H32N6O2. The number of rotatable bonds is 2. The Morgan fingerprint density at radius 3 is 2.34 bits per heavy atom. The van der Waals surface area contributed by atoms with E-state index < -0.39 is 12.1 Å². The first-order valence-corrected chi connectivity index (χ1v) is 10.7. The maximum atomic E-state index is 11.1. The molecule has 5 atom stereocenters. The molecule has 29 heavy (non-hydrogen) atoms. The summed E-state index contributed by atoms with van der Waals surface area (Å²) in [5, 5.41) is 8.55. The molecule has 3 fully saturated rings. The maximum Gasteiger partial charge on any atom is 0.332 e. The SMILES string of the molecule is C[C@]12CC/C(=N\NC(N)=O)C=C1CC[C@@H]1[C@H]2CC[C@]2(C)/C(=N/NC(N)=O)CC[C@@H]12. The van der Waals surface area contributed by atoms with E-state index in [1.807, 2.05) is 0 Å². The monoisotopic (exact) mass is 400 g/mol. The van der Waals surface area contributed by atoms with Crippen LogP contribution in [-0.4, -0.2) is 23.5 Å². The molecule has 0 aromatic carbocycles. The third-order valence-corrected chi connectivity index (χ3v) is 8.33. The van der Waals surface area contributed by atoms with Crippen molar-refractivity contribution in [2.75, 3.05) is 0 Å². The Morgan fingerprint density at radius 2 is 1.62 bits per heavy atom. The number of carbonyl (C=O) groups excluding carboxylic acids is 2. The molecule has 8 nitrogen and oxygen atoms in total. The number of hydrazone groups is 2. The highest BCUT2D eigenvalue weighted by Gasteiger charge is 2.58. The lowest BCUT2D eigenvalue weighted by atomic mass is 9.47. The van der Waals surface area contributed by atoms with Crippen LogP contribution in [-0.2, 0) is 0 Å². The van der Waals surface area contributed by atoms with Gasteiger partial charge in [-0.1, -0.05) is 19.4 Å². The van der Waals surface area contributed by atoms with Crippen LogP contribution < -0.4 is 22.3 Å². The highest BCUT2D eigenvalue weighted by Crippen LogP contribution is 2.64. The minimum atomic E-state index is -0.621. The number of amides is 4. The number of nitrogens with two attached hydrogens (primary N) is 2. The summed E-state index contributed by atoms with van der Waals surface area (Å²) in [7, 11) is 0. The van der Waals surface area contributed by atoms with Gasteiger partial charge < -0.3 is 11.5 Å². The Hall–Kier alpha value is -2.38. The van der Waals surface area contributed by atoms with Crippen LogP contribution in [0.4, 0.5) is 9.59 Å². The van der Waals surface area contributed by atoms with Crippen molar-refractivity contribution >= 4 is 23.5 Å². The number of hydrogen-bond acceptors (Lipinski definition) is 4. The van der Waals surface area contributed by atoms with Crippen LogP contribution >= 0.6 is 0 Å². The number of allylic oxidation sites excluding steroid dienone is 2. The molecule has 4 rings (SSSR count). The second kappa shape index (κ2) is 7.15. The Labute approximate surface area is 171 Å². The third-order valence-electron chi connectivity index (χ3n) is 8.33. The van der Waals surface area contributed by atoms with Gasteiger partial charge in [0.05, 0.1) is 5.71 Å². The summed E-state index contributed by atoms with van der Waals surface area (Å²) < 4.78 is 0. The lowest BCUT2D eigenvalue weighted by Gasteiger charge is -2.57. The first-order valence-electron chi connectivity index (χ1n) is 10.7. The van der Waals surface area contributed by atoms with Crippen LogP contribution in [0.2, 0.25) is 0 Å². The van der Waals surface area contributed by atoms with Gasteiger partial charge in [-0.2, -0.15) is 10.2 Å². The lowest BCUT2D eigenvalue weighted by molar-refractivity contribution is -0.0155. The van der Waals surface area contributed by atoms with Crippen molar-refractivity contribution in [1.82, 2.24) is 10.9 Å². The Kier molecular flexibility index (Phi) is 4.91. The van der Waals surface area contributed by atoms with Gasteiger partial charge in [-0.3, -0.25) is 0 Å². The Morgan fingerprint density at radius 1 is 0.931 bits per heavy atom. The molecule has 4 amide bonds. The molecule has 3 saturated carbocycles. The number of nitrogens with one attached hydrogen (secondary N) is 2. The van der Waals surface area contributed by atoms with Crippen molar-refractivity contribution in [3.05, 3.63) is 11.6 Å². The number of urea groups is 2. The van der Waals surface area contributed by atoms with E-state index in [9.17, 15) is 9.59 Å². The third kappa shape index (κ3) is 3.32. The number of carbonyl (C=O) groups is 2. The van der Waals surface area contributed by atoms with Crippen molar-refractivity contribution in [3.63, 3.8) is 0 Å². The molecule has 0 radical (unpaired) electrons. The minimum absolute atomic E-state index is 0.0634. The van der Waals surface area contributed by atoms with Gasteiger partial charge in [0, 0.05) is 11.1 Å². The fourth-order valence-corrected chi connectivity index (χ4v) is 6.88. The highest BCUT2D eigenvalue weighted by atomic mass is 16.2. The van der Waals surface area contributed by atoms with Gasteiger partial charge in [-0.15, -0.1) is 0 Å². The average Bonchev–Trinajstić information content (AvgIpc) is 3.01. The van der Waals surface area contributed by atoms with Gasteiger partial charge in [0.1, 0.15) is 0 Å². The number of hydrogen-bond donors (Lipinski definition) is 4. The van der Waals surface area contributed by atoms with E-state index in [1.54, 1.807) is 0 Å². The van der Waals surface area contributed by atoms with Gasteiger partial charge in [0.15, 0.2) is 0 Å². The van der Waals surface area contributed by atoms with Crippen LogP contribution in [0.1, 0.15) is 65.2 Å². The summed E-state index contributed by atoms with van der Waals surface area (Å²) in [6.45, 7) is 4.76. The zero-order valence-corrected chi connectivity index (χ0v) is 17.3. The van der Waals surface area contributed by atoms with Crippen LogP contribution in [0.25, 0.3) is 0 Å². The summed E-state index contributed by atoms with van der Waals surface area (Å²) in [6, 6.07) is -1.22. The molecule has 0 bridgehead atoms. The molecule has 0 aromatic heterocycles. The van der Waals surface area contributed by atoms with Crippen molar-refractivity contribution in [3.8, 4) is 0 Å². The predicted octanol–water partition coefficient (Wildman–Crippen LogP) is 3.00. The standard InChI is InChI=1S/C21H32N6O2/c1-20-9-7-13(24-26-18(22)28)11-12(20)3-4-14-15-5-6-17(25-27-19(23)29)21(15,2)10-8-16(14)20/h11,14-16H,3-10H2,1-2H3,(H3,22,26,28)(H3,23,27,29)/b24-13+,25-17+/t14-,15-,16+,20-,21-/m0/s1. The maximum absolute atomic E-state index is 11.1. The second-order valence-electron chi connectivity index (χ2n) is 9.61. The molecule has 0 unspecified atom stereocenters. The van der Waals surface area contributed by atoms with Crippen molar-refractivity contribution in [1.29, 1.82) is 0 Å². The fraction of sp³-hybridized carbons (Fsp3) is 0.714. The normalized spacial score (nSPS) is 41.2. The Balaban J connectivity index is 1.57. The van der Waals surface area contributed by atoms with Gasteiger partial charge in [-0.05, 0) is 80.6 Å². The number of nitrogens with zero attached hydrogens (tertiary/aromatic N) is 2. The minimum Gasteiger partial charge on any atom is -0.350 e. The first kappa shape index (κ1) is 19.9. The smallest absolute Gasteiger partial charge is 0.332 e. The molecule has 0 aromatic rings. The lowest BCUT2D eigenvalue weighted by Crippen LogP contribution is -2.50. The van der Waals surface area contributed by atoms with Crippen LogP contribution in [0.15, 0.2) is 21.9 Å². The molecule has 0 heterocycles. The highest BCUT2D eigenvalue weighted by molar-refractivity contribution is 5.97. The van der Waals surface area contributed by atoms with Gasteiger partial charge >= 0.3 is 12.1 Å². The van der Waals surface area contributed by atoms with Crippen LogP contribution in [0.5, 0.6) is 0 Å². The Bertz CT molecular complexity index is 818. The molecule has 0 aliphatic heterocycles. The van der Waals surface area contributed by atoms with E-state index in [0.29, 0.717) is 17.8 Å². The van der Waals surface area contributed by atoms with Gasteiger partial charge in [0.25, 0.3) is 0 Å². The van der Waals surface area contributed by atoms with E-state index in [0.717, 1.165) is 49.9 Å². The fourth-order valence-electron chi connectivity index (χ4n) is 6.88. The molecule has 4 aliphatic carbocycles. The van der Waals surface area contributed by atoms with E-state index in [4.69, 9.17) is 11.5 Å². The zero-order chi connectivity index (χ0) is 20.8. The zero-order valence-electron chi connectivity index (χ0n) is 17.3. The molecule has 0 spiro atoms. The molecule has 158 valence electrons. The number of fused-ring (bicyclic) bond motifs is 5. The summed E-state index contributed by atoms with van der Waals surface area (Å²) in [6.07, 6.45) is 10.7. The second-order valence-corrected chi connectivity index (χ2v) is 9.61. The topological polar surface area (TPSA) is 135 Å². The summed E-state index contributed by atoms with van der Waals surface area (Å²) in [4.78, 5) is 22.1. The predicted molar refractivity (Wildman–Crippen MR) is 112 cm³/mol. The van der Waals surface area contributed by atoms with Gasteiger partial charge in [-0.25, -0.2) is 20.4 Å². The first-order chi connectivity index (χ1) is 13.7. The molecule has 0 saturated heterocycles. The number of primary amides is 2. The van der Waals surface area contributed by atoms with E-state index in [-0.39, 0.29) is 10.8 Å². The molecule has 4 aliphatic rings. The van der Waals surface area contributed by atoms with Crippen molar-refractivity contribution in [2.45, 2.75) is 65.2 Å². The van der Waals surface area contributed by atoms with E-state index in [2.05, 4.69) is 41.0 Å². The van der Waals surface area contributed by atoms with Crippen molar-refractivity contribution in [2.24, 2.45) is 50.3 Å². The summed E-state index contributed by atoms with van der Waals surface area (Å²) in [5.74, 6) is 1.95. The molecule has 6 N–H and O–H groups in total. The van der Waals surface area contributed by atoms with E-state index in [1.165, 1.54) is 18.4 Å². The average molecular weight is 401 g/mol. The molecule has 8 heteroatoms. The van der Waals surface area contributed by atoms with Crippen LogP contribution in [0.3, 0.4) is 0 Å². The van der Waals surface area contributed by atoms with E-state index >= 15 is 0 Å². The summed E-state index contributed by atoms with van der Waals surface area (Å²) in [5.41, 5.74) is 19.0. The summed E-state index contributed by atoms with van der Waals surface area (Å²) >= 11 is 0.